The Bertz CT molecular complexity index is 883. The molecule has 0 saturated heterocycles. The van der Waals surface area contributed by atoms with Crippen LogP contribution in [0.3, 0.4) is 0 Å². The highest BCUT2D eigenvalue weighted by atomic mass is 32.2. The molecule has 0 aliphatic rings. The van der Waals surface area contributed by atoms with Crippen molar-refractivity contribution in [1.82, 2.24) is 0 Å². The number of allylic oxidation sites excluding steroid dienone is 1. The lowest BCUT2D eigenvalue weighted by atomic mass is 10.1. The maximum absolute atomic E-state index is 12.7. The van der Waals surface area contributed by atoms with Crippen molar-refractivity contribution in [3.8, 4) is 6.07 Å². The van der Waals surface area contributed by atoms with Crippen LogP contribution < -0.4 is 5.73 Å². The lowest BCUT2D eigenvalue weighted by Crippen LogP contribution is -2.06. The Balaban J connectivity index is 2.59. The molecule has 22 heavy (non-hydrogen) atoms. The molecule has 0 fully saturated rings. The van der Waals surface area contributed by atoms with Gasteiger partial charge >= 0.3 is 0 Å². The molecule has 2 N–H and O–H groups in total. The van der Waals surface area contributed by atoms with Gasteiger partial charge in [0.2, 0.25) is 15.7 Å². The van der Waals surface area contributed by atoms with Crippen LogP contribution >= 0.6 is 0 Å². The summed E-state index contributed by atoms with van der Waals surface area (Å²) in [5, 5.41) is 9.26. The number of nitriles is 1. The maximum atomic E-state index is 12.7. The van der Waals surface area contributed by atoms with E-state index in [0.717, 1.165) is 5.56 Å². The summed E-state index contributed by atoms with van der Waals surface area (Å²) in [4.78, 5) is -0.503. The summed E-state index contributed by atoms with van der Waals surface area (Å²) in [5.41, 5.74) is 7.74. The first-order chi connectivity index (χ1) is 10.3. The summed E-state index contributed by atoms with van der Waals surface area (Å²) >= 11 is 0. The van der Waals surface area contributed by atoms with Gasteiger partial charge in [0.1, 0.15) is 21.6 Å². The summed E-state index contributed by atoms with van der Waals surface area (Å²) in [6, 6.07) is 8.93. The van der Waals surface area contributed by atoms with Crippen molar-refractivity contribution in [3.05, 3.63) is 51.6 Å². The molecule has 2 aromatic rings. The fourth-order valence-corrected chi connectivity index (χ4v) is 3.55. The lowest BCUT2D eigenvalue weighted by Gasteiger charge is -2.03. The van der Waals surface area contributed by atoms with E-state index in [1.54, 1.807) is 32.0 Å². The molecule has 0 atom stereocenters. The first-order valence-electron chi connectivity index (χ1n) is 6.56. The van der Waals surface area contributed by atoms with Gasteiger partial charge < -0.3 is 10.2 Å². The number of aryl methyl sites for hydroxylation is 2. The lowest BCUT2D eigenvalue weighted by molar-refractivity contribution is 0.546. The van der Waals surface area contributed by atoms with Crippen LogP contribution in [0.15, 0.2) is 38.5 Å². The molecule has 1 aromatic heterocycles. The number of benzene rings is 1. The number of hydrogen-bond donors (Lipinski definition) is 1. The Morgan fingerprint density at radius 3 is 2.27 bits per heavy atom. The molecule has 6 heteroatoms. The largest absolute Gasteiger partial charge is 0.445 e. The molecule has 5 nitrogen and oxygen atoms in total. The Morgan fingerprint density at radius 1 is 1.23 bits per heavy atom. The standard InChI is InChI=1S/C16H16N2O3S/c1-10-4-6-13(7-5-10)8-14(9-17)22(19,20)15-11(2)12(3)21-16(15)18/h4-8H,18H2,1-3H3. The predicted octanol–water partition coefficient (Wildman–Crippen LogP) is 3.13. The molecule has 0 aliphatic heterocycles. The molecule has 0 aliphatic carbocycles. The van der Waals surface area contributed by atoms with Gasteiger partial charge in [0.05, 0.1) is 0 Å². The Hall–Kier alpha value is -2.52. The van der Waals surface area contributed by atoms with Crippen molar-refractivity contribution < 1.29 is 12.8 Å². The zero-order chi connectivity index (χ0) is 16.5. The van der Waals surface area contributed by atoms with Crippen LogP contribution in [0.2, 0.25) is 0 Å². The molecule has 0 saturated carbocycles. The maximum Gasteiger partial charge on any atom is 0.222 e. The Morgan fingerprint density at radius 2 is 1.82 bits per heavy atom. The number of hydrogen-bond acceptors (Lipinski definition) is 5. The minimum atomic E-state index is -4.02. The van der Waals surface area contributed by atoms with Gasteiger partial charge in [-0.25, -0.2) is 8.42 Å². The molecular weight excluding hydrogens is 300 g/mol. The zero-order valence-electron chi connectivity index (χ0n) is 12.5. The summed E-state index contributed by atoms with van der Waals surface area (Å²) < 4.78 is 30.5. The van der Waals surface area contributed by atoms with E-state index in [4.69, 9.17) is 10.2 Å². The van der Waals surface area contributed by atoms with Crippen molar-refractivity contribution in [2.45, 2.75) is 25.7 Å². The van der Waals surface area contributed by atoms with Crippen LogP contribution in [-0.4, -0.2) is 8.42 Å². The second-order valence-corrected chi connectivity index (χ2v) is 6.87. The molecule has 0 radical (unpaired) electrons. The Labute approximate surface area is 129 Å². The van der Waals surface area contributed by atoms with E-state index in [0.29, 0.717) is 16.9 Å². The highest BCUT2D eigenvalue weighted by Gasteiger charge is 2.29. The first-order valence-corrected chi connectivity index (χ1v) is 8.04. The zero-order valence-corrected chi connectivity index (χ0v) is 13.4. The van der Waals surface area contributed by atoms with Gasteiger partial charge in [0.15, 0.2) is 0 Å². The number of rotatable bonds is 3. The van der Waals surface area contributed by atoms with Gasteiger partial charge in [-0.2, -0.15) is 5.26 Å². The van der Waals surface area contributed by atoms with Crippen LogP contribution in [0.5, 0.6) is 0 Å². The average molecular weight is 316 g/mol. The molecule has 1 aromatic carbocycles. The number of nitrogens with zero attached hydrogens (tertiary/aromatic N) is 1. The normalized spacial score (nSPS) is 12.2. The van der Waals surface area contributed by atoms with Gasteiger partial charge in [0.25, 0.3) is 0 Å². The van der Waals surface area contributed by atoms with E-state index >= 15 is 0 Å². The van der Waals surface area contributed by atoms with Gasteiger partial charge in [-0.15, -0.1) is 0 Å². The summed E-state index contributed by atoms with van der Waals surface area (Å²) in [6.07, 6.45) is 1.33. The predicted molar refractivity (Wildman–Crippen MR) is 84.5 cm³/mol. The fourth-order valence-electron chi connectivity index (χ4n) is 2.06. The van der Waals surface area contributed by atoms with Crippen molar-refractivity contribution in [3.63, 3.8) is 0 Å². The first kappa shape index (κ1) is 15.9. The second-order valence-electron chi connectivity index (χ2n) is 5.01. The second kappa shape index (κ2) is 5.70. The average Bonchev–Trinajstić information content (AvgIpc) is 2.71. The molecule has 114 valence electrons. The smallest absolute Gasteiger partial charge is 0.222 e. The van der Waals surface area contributed by atoms with Gasteiger partial charge in [-0.05, 0) is 32.4 Å². The van der Waals surface area contributed by atoms with E-state index in [1.807, 2.05) is 19.1 Å². The van der Waals surface area contributed by atoms with E-state index < -0.39 is 9.84 Å². The molecular formula is C16H16N2O3S. The van der Waals surface area contributed by atoms with Crippen LogP contribution in [0.4, 0.5) is 5.88 Å². The highest BCUT2D eigenvalue weighted by Crippen LogP contribution is 2.33. The van der Waals surface area contributed by atoms with Crippen molar-refractivity contribution in [2.24, 2.45) is 0 Å². The van der Waals surface area contributed by atoms with Crippen molar-refractivity contribution in [1.29, 1.82) is 5.26 Å². The minimum absolute atomic E-state index is 0.134. The third-order valence-electron chi connectivity index (χ3n) is 3.40. The molecule has 2 rings (SSSR count). The Kier molecular flexibility index (Phi) is 4.11. The van der Waals surface area contributed by atoms with Crippen LogP contribution in [0.25, 0.3) is 6.08 Å². The number of furan rings is 1. The quantitative estimate of drug-likeness (QED) is 0.877. The third kappa shape index (κ3) is 2.76. The van der Waals surface area contributed by atoms with Crippen LogP contribution in [-0.2, 0) is 9.84 Å². The van der Waals surface area contributed by atoms with E-state index in [2.05, 4.69) is 0 Å². The monoisotopic (exact) mass is 316 g/mol. The van der Waals surface area contributed by atoms with E-state index in [9.17, 15) is 13.7 Å². The number of sulfone groups is 1. The highest BCUT2D eigenvalue weighted by molar-refractivity contribution is 7.96. The van der Waals surface area contributed by atoms with Gasteiger partial charge in [0, 0.05) is 5.56 Å². The third-order valence-corrected chi connectivity index (χ3v) is 5.23. The van der Waals surface area contributed by atoms with Crippen molar-refractivity contribution in [2.75, 3.05) is 5.73 Å². The summed E-state index contributed by atoms with van der Waals surface area (Å²) in [5.74, 6) is 0.226. The summed E-state index contributed by atoms with van der Waals surface area (Å²) in [6.45, 7) is 5.15. The van der Waals surface area contributed by atoms with Crippen LogP contribution in [0, 0.1) is 32.1 Å². The van der Waals surface area contributed by atoms with E-state index in [-0.39, 0.29) is 15.7 Å². The number of nitrogens with two attached hydrogens (primary N) is 1. The number of anilines is 1. The molecule has 0 amide bonds. The molecule has 0 bridgehead atoms. The van der Waals surface area contributed by atoms with Gasteiger partial charge in [-0.3, -0.25) is 0 Å². The van der Waals surface area contributed by atoms with Gasteiger partial charge in [-0.1, -0.05) is 29.8 Å². The molecule has 1 heterocycles. The fraction of sp³-hybridized carbons (Fsp3) is 0.188. The van der Waals surface area contributed by atoms with E-state index in [1.165, 1.54) is 6.08 Å². The summed E-state index contributed by atoms with van der Waals surface area (Å²) in [7, 11) is -4.02. The molecule has 0 unspecified atom stereocenters. The SMILES string of the molecule is Cc1ccc(C=C(C#N)S(=O)(=O)c2c(N)oc(C)c2C)cc1. The minimum Gasteiger partial charge on any atom is -0.445 e. The number of nitrogen functional groups attached to an aromatic ring is 1. The molecule has 0 spiro atoms. The van der Waals surface area contributed by atoms with Crippen LogP contribution in [0.1, 0.15) is 22.5 Å². The topological polar surface area (TPSA) is 97.1 Å². The van der Waals surface area contributed by atoms with Crippen molar-refractivity contribution >= 4 is 21.8 Å².